The number of rotatable bonds is 6. The third-order valence-electron chi connectivity index (χ3n) is 7.95. The van der Waals surface area contributed by atoms with Gasteiger partial charge in [0.25, 0.3) is 0 Å². The van der Waals surface area contributed by atoms with Crippen LogP contribution in [0.1, 0.15) is 49.0 Å². The van der Waals surface area contributed by atoms with Gasteiger partial charge in [-0.15, -0.1) is 0 Å². The quantitative estimate of drug-likeness (QED) is 0.476. The summed E-state index contributed by atoms with van der Waals surface area (Å²) in [7, 11) is 0. The fourth-order valence-corrected chi connectivity index (χ4v) is 6.85. The summed E-state index contributed by atoms with van der Waals surface area (Å²) < 4.78 is 7.25. The van der Waals surface area contributed by atoms with Gasteiger partial charge in [-0.1, -0.05) is 48.5 Å². The van der Waals surface area contributed by atoms with Crippen molar-refractivity contribution in [2.75, 3.05) is 6.61 Å². The molecule has 7 rings (SSSR count). The van der Waals surface area contributed by atoms with Gasteiger partial charge in [0.05, 0.1) is 11.4 Å². The minimum atomic E-state index is -0.508. The molecule has 0 spiro atoms. The molecule has 0 unspecified atom stereocenters. The first kappa shape index (κ1) is 20.4. The molecule has 0 N–H and O–H groups in total. The van der Waals surface area contributed by atoms with E-state index in [-0.39, 0.29) is 17.8 Å². The van der Waals surface area contributed by atoms with Crippen molar-refractivity contribution in [3.05, 3.63) is 72.4 Å². The molecule has 4 aliphatic rings. The summed E-state index contributed by atoms with van der Waals surface area (Å²) in [6, 6.07) is 21.1. The molecular formula is C28H28N2O3. The normalized spacial score (nSPS) is 27.5. The Kier molecular flexibility index (Phi) is 4.93. The lowest BCUT2D eigenvalue weighted by Gasteiger charge is -2.55. The Balaban J connectivity index is 1.24. The van der Waals surface area contributed by atoms with E-state index in [1.54, 1.807) is 10.7 Å². The van der Waals surface area contributed by atoms with Crippen LogP contribution in [0.15, 0.2) is 66.7 Å². The number of benzene rings is 2. The van der Waals surface area contributed by atoms with Crippen molar-refractivity contribution >= 4 is 11.8 Å². The van der Waals surface area contributed by atoms with Crippen LogP contribution in [0.5, 0.6) is 0 Å². The van der Waals surface area contributed by atoms with Gasteiger partial charge in [-0.25, -0.2) is 9.48 Å². The fourth-order valence-electron chi connectivity index (χ4n) is 6.85. The van der Waals surface area contributed by atoms with Crippen LogP contribution in [0, 0.1) is 23.2 Å². The van der Waals surface area contributed by atoms with Gasteiger partial charge in [-0.05, 0) is 74.5 Å². The molecule has 3 aromatic rings. The van der Waals surface area contributed by atoms with Crippen LogP contribution in [-0.4, -0.2) is 28.1 Å². The van der Waals surface area contributed by atoms with E-state index in [9.17, 15) is 9.59 Å². The van der Waals surface area contributed by atoms with Gasteiger partial charge in [0.1, 0.15) is 0 Å². The van der Waals surface area contributed by atoms with Gasteiger partial charge in [0.2, 0.25) is 0 Å². The number of hydrogen-bond acceptors (Lipinski definition) is 4. The number of Topliss-reactive ketones (excluding diaryl/α,β-unsaturated/α-hetero) is 1. The summed E-state index contributed by atoms with van der Waals surface area (Å²) in [4.78, 5) is 26.5. The van der Waals surface area contributed by atoms with E-state index in [0.717, 1.165) is 30.5 Å². The summed E-state index contributed by atoms with van der Waals surface area (Å²) in [6.07, 6.45) is 6.79. The van der Waals surface area contributed by atoms with E-state index >= 15 is 0 Å². The zero-order valence-corrected chi connectivity index (χ0v) is 18.7. The summed E-state index contributed by atoms with van der Waals surface area (Å²) in [6.45, 7) is -0.147. The molecule has 1 heterocycles. The average molecular weight is 441 g/mol. The number of ketones is 1. The lowest BCUT2D eigenvalue weighted by atomic mass is 9.48. The van der Waals surface area contributed by atoms with E-state index in [2.05, 4.69) is 5.10 Å². The highest BCUT2D eigenvalue weighted by Gasteiger charge is 2.54. The highest BCUT2D eigenvalue weighted by Crippen LogP contribution is 2.60. The van der Waals surface area contributed by atoms with E-state index < -0.39 is 5.97 Å². The van der Waals surface area contributed by atoms with E-state index in [0.29, 0.717) is 29.1 Å². The monoisotopic (exact) mass is 440 g/mol. The van der Waals surface area contributed by atoms with Crippen LogP contribution >= 0.6 is 0 Å². The number of ether oxygens (including phenoxy) is 1. The minimum Gasteiger partial charge on any atom is -0.453 e. The molecule has 4 bridgehead atoms. The second-order valence-corrected chi connectivity index (χ2v) is 10.2. The van der Waals surface area contributed by atoms with Crippen LogP contribution < -0.4 is 0 Å². The van der Waals surface area contributed by atoms with Crippen LogP contribution in [0.4, 0.5) is 0 Å². The van der Waals surface area contributed by atoms with Crippen LogP contribution in [0.3, 0.4) is 0 Å². The number of esters is 1. The Bertz CT molecular complexity index is 1150. The van der Waals surface area contributed by atoms with Gasteiger partial charge < -0.3 is 4.74 Å². The number of para-hydroxylation sites is 1. The topological polar surface area (TPSA) is 61.2 Å². The molecule has 4 fully saturated rings. The highest BCUT2D eigenvalue weighted by atomic mass is 16.5. The maximum absolute atomic E-state index is 13.3. The first-order valence-corrected chi connectivity index (χ1v) is 12.0. The first-order valence-electron chi connectivity index (χ1n) is 12.0. The molecule has 5 heteroatoms. The van der Waals surface area contributed by atoms with Gasteiger partial charge in [-0.2, -0.15) is 5.10 Å². The Hall–Kier alpha value is -3.21. The number of hydrogen-bond donors (Lipinski definition) is 0. The molecule has 4 saturated carbocycles. The number of carbonyl (C=O) groups is 2. The van der Waals surface area contributed by atoms with Crippen molar-refractivity contribution in [3.63, 3.8) is 0 Å². The highest BCUT2D eigenvalue weighted by molar-refractivity contribution is 5.93. The molecule has 168 valence electrons. The molecule has 33 heavy (non-hydrogen) atoms. The number of aromatic nitrogens is 2. The van der Waals surface area contributed by atoms with Gasteiger partial charge in [-0.3, -0.25) is 4.79 Å². The van der Waals surface area contributed by atoms with Gasteiger partial charge in [0, 0.05) is 11.0 Å². The summed E-state index contributed by atoms with van der Waals surface area (Å²) >= 11 is 0. The van der Waals surface area contributed by atoms with Crippen LogP contribution in [-0.2, 0) is 9.53 Å². The number of nitrogens with zero attached hydrogens (tertiary/aromatic N) is 2. The second-order valence-electron chi connectivity index (χ2n) is 10.2. The molecule has 4 aliphatic carbocycles. The van der Waals surface area contributed by atoms with Crippen molar-refractivity contribution in [1.29, 1.82) is 0 Å². The standard InChI is InChI=1S/C28H28N2O3/c31-26(28-15-19-11-20(16-28)13-21(12-19)17-28)18-33-27(32)25-14-24(22-7-3-1-4-8-22)29-30(25)23-9-5-2-6-10-23/h1-10,14,19-21H,11-13,15-18H2. The number of carbonyl (C=O) groups excluding carboxylic acids is 2. The zero-order valence-electron chi connectivity index (χ0n) is 18.7. The van der Waals surface area contributed by atoms with E-state index in [1.807, 2.05) is 60.7 Å². The van der Waals surface area contributed by atoms with Gasteiger partial charge >= 0.3 is 5.97 Å². The van der Waals surface area contributed by atoms with E-state index in [4.69, 9.17) is 4.74 Å². The van der Waals surface area contributed by atoms with Crippen molar-refractivity contribution in [2.24, 2.45) is 23.2 Å². The second kappa shape index (κ2) is 7.98. The van der Waals surface area contributed by atoms with Gasteiger partial charge in [0.15, 0.2) is 18.1 Å². The molecule has 0 radical (unpaired) electrons. The van der Waals surface area contributed by atoms with Crippen molar-refractivity contribution in [2.45, 2.75) is 38.5 Å². The SMILES string of the molecule is O=C(OCC(=O)C12CC3CC(CC(C3)C1)C2)c1cc(-c2ccccc2)nn1-c1ccccc1. The Morgan fingerprint density at radius 1 is 0.879 bits per heavy atom. The fraction of sp³-hybridized carbons (Fsp3) is 0.393. The zero-order chi connectivity index (χ0) is 22.4. The molecule has 2 aromatic carbocycles. The van der Waals surface area contributed by atoms with Crippen molar-refractivity contribution < 1.29 is 14.3 Å². The third-order valence-corrected chi connectivity index (χ3v) is 7.95. The molecular weight excluding hydrogens is 412 g/mol. The predicted molar refractivity (Wildman–Crippen MR) is 125 cm³/mol. The van der Waals surface area contributed by atoms with Crippen LogP contribution in [0.2, 0.25) is 0 Å². The summed E-state index contributed by atoms with van der Waals surface area (Å²) in [5, 5.41) is 4.68. The molecule has 5 nitrogen and oxygen atoms in total. The summed E-state index contributed by atoms with van der Waals surface area (Å²) in [5.74, 6) is 1.66. The van der Waals surface area contributed by atoms with E-state index in [1.165, 1.54) is 19.3 Å². The Morgan fingerprint density at radius 3 is 2.06 bits per heavy atom. The minimum absolute atomic E-state index is 0.115. The molecule has 0 saturated heterocycles. The maximum Gasteiger partial charge on any atom is 0.357 e. The predicted octanol–water partition coefficient (Wildman–Crippen LogP) is 5.48. The molecule has 0 amide bonds. The maximum atomic E-state index is 13.3. The lowest BCUT2D eigenvalue weighted by Crippen LogP contribution is -2.51. The lowest BCUT2D eigenvalue weighted by molar-refractivity contribution is -0.147. The Morgan fingerprint density at radius 2 is 1.45 bits per heavy atom. The smallest absolute Gasteiger partial charge is 0.357 e. The summed E-state index contributed by atoms with van der Waals surface area (Å²) in [5.41, 5.74) is 2.46. The molecule has 0 aliphatic heterocycles. The average Bonchev–Trinajstić information content (AvgIpc) is 3.28. The molecule has 0 atom stereocenters. The Labute approximate surface area is 193 Å². The first-order chi connectivity index (χ1) is 16.1. The largest absolute Gasteiger partial charge is 0.453 e. The van der Waals surface area contributed by atoms with Crippen LogP contribution in [0.25, 0.3) is 16.9 Å². The third kappa shape index (κ3) is 3.69. The molecule has 1 aromatic heterocycles. The van der Waals surface area contributed by atoms with Crippen molar-refractivity contribution in [1.82, 2.24) is 9.78 Å². The van der Waals surface area contributed by atoms with Crippen molar-refractivity contribution in [3.8, 4) is 16.9 Å².